The van der Waals surface area contributed by atoms with Crippen molar-refractivity contribution in [1.82, 2.24) is 5.32 Å². The Kier molecular flexibility index (Phi) is 4.84. The number of amides is 1. The molecule has 0 aromatic carbocycles. The Labute approximate surface area is 43.9 Å². The van der Waals surface area contributed by atoms with Crippen molar-refractivity contribution in [2.45, 2.75) is 12.8 Å². The maximum absolute atomic E-state index is 9.55. The summed E-state index contributed by atoms with van der Waals surface area (Å²) in [7, 11) is 0. The summed E-state index contributed by atoms with van der Waals surface area (Å²) in [4.78, 5) is 9.55. The van der Waals surface area contributed by atoms with E-state index in [0.717, 1.165) is 19.4 Å². The van der Waals surface area contributed by atoms with Gasteiger partial charge in [0.15, 0.2) is 0 Å². The van der Waals surface area contributed by atoms with Gasteiger partial charge >= 0.3 is 0 Å². The molecule has 0 heterocycles. The van der Waals surface area contributed by atoms with E-state index < -0.39 is 0 Å². The average Bonchev–Trinajstić information content (AvgIpc) is 1.69. The van der Waals surface area contributed by atoms with Crippen molar-refractivity contribution in [1.29, 1.82) is 0 Å². The van der Waals surface area contributed by atoms with E-state index in [1.165, 1.54) is 0 Å². The standard InChI is InChI=1S/C5H9NO/c1-2-3-4-6-5-7/h5H,1-4H2/p+1. The van der Waals surface area contributed by atoms with E-state index >= 15 is 0 Å². The first-order chi connectivity index (χ1) is 3.41. The number of rotatable bonds is 4. The SMILES string of the molecule is [CH2+]CCCNC=O. The van der Waals surface area contributed by atoms with Crippen molar-refractivity contribution < 1.29 is 4.79 Å². The third-order valence-electron chi connectivity index (χ3n) is 0.654. The summed E-state index contributed by atoms with van der Waals surface area (Å²) < 4.78 is 0. The Hall–Kier alpha value is -0.660. The molecule has 7 heavy (non-hydrogen) atoms. The Balaban J connectivity index is 2.56. The van der Waals surface area contributed by atoms with Crippen LogP contribution in [-0.4, -0.2) is 13.0 Å². The highest BCUT2D eigenvalue weighted by molar-refractivity contribution is 5.45. The maximum atomic E-state index is 9.55. The van der Waals surface area contributed by atoms with Gasteiger partial charge in [-0.15, -0.1) is 0 Å². The first-order valence-electron chi connectivity index (χ1n) is 2.38. The molecule has 1 amide bonds. The van der Waals surface area contributed by atoms with E-state index in [1.807, 2.05) is 0 Å². The normalized spacial score (nSPS) is 8.00. The first kappa shape index (κ1) is 6.34. The second-order valence-electron chi connectivity index (χ2n) is 1.28. The lowest BCUT2D eigenvalue weighted by molar-refractivity contribution is -0.109. The number of carbonyl (C=O) groups is 1. The predicted molar refractivity (Wildman–Crippen MR) is 28.7 cm³/mol. The zero-order valence-corrected chi connectivity index (χ0v) is 4.31. The number of carbonyl (C=O) groups excluding carboxylic acids is 1. The zero-order valence-electron chi connectivity index (χ0n) is 4.31. The number of unbranched alkanes of at least 4 members (excludes halogenated alkanes) is 1. The molecule has 0 fully saturated rings. The van der Waals surface area contributed by atoms with E-state index in [4.69, 9.17) is 0 Å². The van der Waals surface area contributed by atoms with Crippen LogP contribution in [0.25, 0.3) is 0 Å². The highest BCUT2D eigenvalue weighted by atomic mass is 16.1. The third kappa shape index (κ3) is 5.34. The minimum Gasteiger partial charge on any atom is -0.359 e. The molecule has 0 atom stereocenters. The summed E-state index contributed by atoms with van der Waals surface area (Å²) in [6, 6.07) is 0. The van der Waals surface area contributed by atoms with Gasteiger partial charge in [0.25, 0.3) is 0 Å². The summed E-state index contributed by atoms with van der Waals surface area (Å²) in [5, 5.41) is 2.53. The molecule has 2 nitrogen and oxygen atoms in total. The van der Waals surface area contributed by atoms with Gasteiger partial charge in [0.2, 0.25) is 6.41 Å². The molecule has 0 unspecified atom stereocenters. The molecule has 0 spiro atoms. The van der Waals surface area contributed by atoms with E-state index in [1.54, 1.807) is 0 Å². The first-order valence-corrected chi connectivity index (χ1v) is 2.38. The Morgan fingerprint density at radius 3 is 2.86 bits per heavy atom. The van der Waals surface area contributed by atoms with Crippen molar-refractivity contribution >= 4 is 6.41 Å². The molecule has 1 N–H and O–H groups in total. The van der Waals surface area contributed by atoms with Crippen molar-refractivity contribution in [2.75, 3.05) is 6.54 Å². The minimum absolute atomic E-state index is 0.704. The highest BCUT2D eigenvalue weighted by Crippen LogP contribution is 1.78. The van der Waals surface area contributed by atoms with E-state index in [0.29, 0.717) is 6.41 Å². The van der Waals surface area contributed by atoms with Crippen molar-refractivity contribution in [3.05, 3.63) is 6.92 Å². The molecule has 0 aliphatic carbocycles. The van der Waals surface area contributed by atoms with Crippen LogP contribution in [0, 0.1) is 6.92 Å². The smallest absolute Gasteiger partial charge is 0.207 e. The molecular formula is C5H10NO+. The number of nitrogens with one attached hydrogen (secondary N) is 1. The minimum atomic E-state index is 0.704. The quantitative estimate of drug-likeness (QED) is 0.308. The van der Waals surface area contributed by atoms with Crippen LogP contribution in [0.2, 0.25) is 0 Å². The third-order valence-corrected chi connectivity index (χ3v) is 0.654. The lowest BCUT2D eigenvalue weighted by Crippen LogP contribution is -2.11. The topological polar surface area (TPSA) is 29.1 Å². The Morgan fingerprint density at radius 2 is 2.43 bits per heavy atom. The predicted octanol–water partition coefficient (Wildman–Crippen LogP) is 0.347. The summed E-state index contributed by atoms with van der Waals surface area (Å²) in [5.74, 6) is 0. The molecule has 0 radical (unpaired) electrons. The van der Waals surface area contributed by atoms with Gasteiger partial charge < -0.3 is 5.32 Å². The Morgan fingerprint density at radius 1 is 1.71 bits per heavy atom. The second-order valence-corrected chi connectivity index (χ2v) is 1.28. The fourth-order valence-electron chi connectivity index (χ4n) is 0.286. The van der Waals surface area contributed by atoms with E-state index in [-0.39, 0.29) is 0 Å². The van der Waals surface area contributed by atoms with Gasteiger partial charge in [-0.2, -0.15) is 0 Å². The van der Waals surface area contributed by atoms with Gasteiger partial charge in [-0.1, -0.05) is 0 Å². The van der Waals surface area contributed by atoms with Crippen LogP contribution in [0.4, 0.5) is 0 Å². The van der Waals surface area contributed by atoms with Crippen molar-refractivity contribution in [3.8, 4) is 0 Å². The van der Waals surface area contributed by atoms with Gasteiger partial charge in [0.05, 0.1) is 13.3 Å². The van der Waals surface area contributed by atoms with Crippen molar-refractivity contribution in [2.24, 2.45) is 0 Å². The van der Waals surface area contributed by atoms with Gasteiger partial charge in [-0.05, 0) is 0 Å². The zero-order chi connectivity index (χ0) is 5.54. The second kappa shape index (κ2) is 5.34. The van der Waals surface area contributed by atoms with Crippen molar-refractivity contribution in [3.63, 3.8) is 0 Å². The Bertz CT molecular complexity index is 45.3. The summed E-state index contributed by atoms with van der Waals surface area (Å²) in [5.41, 5.74) is 0. The van der Waals surface area contributed by atoms with Crippen LogP contribution in [0.15, 0.2) is 0 Å². The molecule has 40 valence electrons. The van der Waals surface area contributed by atoms with Crippen LogP contribution < -0.4 is 5.32 Å². The summed E-state index contributed by atoms with van der Waals surface area (Å²) >= 11 is 0. The van der Waals surface area contributed by atoms with Crippen LogP contribution >= 0.6 is 0 Å². The molecular weight excluding hydrogens is 90.1 g/mol. The molecule has 0 aliphatic rings. The fraction of sp³-hybridized carbons (Fsp3) is 0.600. The van der Waals surface area contributed by atoms with E-state index in [9.17, 15) is 4.79 Å². The molecule has 0 saturated carbocycles. The molecule has 0 saturated heterocycles. The molecule has 2 heteroatoms. The largest absolute Gasteiger partial charge is 0.359 e. The molecule has 0 aliphatic heterocycles. The lowest BCUT2D eigenvalue weighted by Gasteiger charge is -1.87. The number of hydrogen-bond acceptors (Lipinski definition) is 1. The van der Waals surface area contributed by atoms with Gasteiger partial charge in [0, 0.05) is 13.0 Å². The van der Waals surface area contributed by atoms with Crippen LogP contribution in [0.1, 0.15) is 12.8 Å². The highest BCUT2D eigenvalue weighted by Gasteiger charge is 1.81. The van der Waals surface area contributed by atoms with E-state index in [2.05, 4.69) is 12.2 Å². The summed E-state index contributed by atoms with van der Waals surface area (Å²) in [6.07, 6.45) is 2.56. The maximum Gasteiger partial charge on any atom is 0.207 e. The number of hydrogen-bond donors (Lipinski definition) is 1. The average molecular weight is 100 g/mol. The summed E-state index contributed by atoms with van der Waals surface area (Å²) in [6.45, 7) is 4.36. The van der Waals surface area contributed by atoms with Crippen LogP contribution in [-0.2, 0) is 4.79 Å². The monoisotopic (exact) mass is 100 g/mol. The van der Waals surface area contributed by atoms with Crippen LogP contribution in [0.3, 0.4) is 0 Å². The molecule has 0 bridgehead atoms. The molecule has 0 aromatic heterocycles. The molecule has 0 aromatic rings. The lowest BCUT2D eigenvalue weighted by atomic mass is 10.3. The van der Waals surface area contributed by atoms with Gasteiger partial charge in [-0.25, -0.2) is 0 Å². The van der Waals surface area contributed by atoms with Crippen LogP contribution in [0.5, 0.6) is 0 Å². The fourth-order valence-corrected chi connectivity index (χ4v) is 0.286. The van der Waals surface area contributed by atoms with Gasteiger partial charge in [-0.3, -0.25) is 4.79 Å². The van der Waals surface area contributed by atoms with Gasteiger partial charge in [0.1, 0.15) is 0 Å². The molecule has 0 rings (SSSR count).